The van der Waals surface area contributed by atoms with E-state index in [1.54, 1.807) is 0 Å². The quantitative estimate of drug-likeness (QED) is 0.430. The summed E-state index contributed by atoms with van der Waals surface area (Å²) in [5.74, 6) is 0.881. The zero-order chi connectivity index (χ0) is 13.8. The summed E-state index contributed by atoms with van der Waals surface area (Å²) in [6.45, 7) is 5.28. The number of nitrogens with zero attached hydrogens (tertiary/aromatic N) is 2. The predicted octanol–water partition coefficient (Wildman–Crippen LogP) is 2.44. The molecule has 0 heterocycles. The Morgan fingerprint density at radius 2 is 2.11 bits per heavy atom. The van der Waals surface area contributed by atoms with E-state index in [0.717, 1.165) is 36.0 Å². The van der Waals surface area contributed by atoms with E-state index in [9.17, 15) is 4.79 Å². The standard InChI is InChI=1S/C14H27N2O2/c1-6-7-14(17)18-15-13-9-12(8-11(13)2)10-16(3,4)5/h11-12H,6-10H2,1-5H3/q+1/b15-13-/t11-,12+/m1/s1. The highest BCUT2D eigenvalue weighted by molar-refractivity contribution is 5.88. The molecule has 1 aliphatic carbocycles. The summed E-state index contributed by atoms with van der Waals surface area (Å²) in [5, 5.41) is 4.06. The van der Waals surface area contributed by atoms with Crippen molar-refractivity contribution < 1.29 is 14.1 Å². The Labute approximate surface area is 111 Å². The number of hydrogen-bond acceptors (Lipinski definition) is 3. The Bertz CT molecular complexity index is 318. The summed E-state index contributed by atoms with van der Waals surface area (Å²) in [7, 11) is 6.63. The topological polar surface area (TPSA) is 38.7 Å². The molecule has 0 aromatic heterocycles. The lowest BCUT2D eigenvalue weighted by molar-refractivity contribution is -0.873. The molecule has 0 amide bonds. The van der Waals surface area contributed by atoms with Crippen LogP contribution < -0.4 is 0 Å². The minimum absolute atomic E-state index is 0.216. The molecule has 0 aromatic rings. The molecule has 0 saturated heterocycles. The lowest BCUT2D eigenvalue weighted by Crippen LogP contribution is -2.38. The van der Waals surface area contributed by atoms with Gasteiger partial charge in [-0.15, -0.1) is 0 Å². The molecule has 104 valence electrons. The fourth-order valence-corrected chi connectivity index (χ4v) is 2.62. The lowest BCUT2D eigenvalue weighted by atomic mass is 10.1. The zero-order valence-corrected chi connectivity index (χ0v) is 12.4. The molecule has 1 fully saturated rings. The van der Waals surface area contributed by atoms with E-state index >= 15 is 0 Å². The Hall–Kier alpha value is -0.900. The molecule has 0 bridgehead atoms. The molecule has 0 aliphatic heterocycles. The molecule has 0 radical (unpaired) electrons. The molecule has 0 spiro atoms. The van der Waals surface area contributed by atoms with Crippen LogP contribution in [-0.2, 0) is 9.63 Å². The van der Waals surface area contributed by atoms with Gasteiger partial charge in [-0.1, -0.05) is 19.0 Å². The van der Waals surface area contributed by atoms with Gasteiger partial charge in [0.05, 0.1) is 33.4 Å². The Morgan fingerprint density at radius 1 is 1.44 bits per heavy atom. The van der Waals surface area contributed by atoms with E-state index in [1.165, 1.54) is 0 Å². The van der Waals surface area contributed by atoms with Crippen molar-refractivity contribution in [3.05, 3.63) is 0 Å². The Kier molecular flexibility index (Phi) is 5.32. The number of carbonyl (C=O) groups is 1. The first-order valence-corrected chi connectivity index (χ1v) is 6.89. The molecular formula is C14H27N2O2+. The van der Waals surface area contributed by atoms with Crippen LogP contribution in [0.25, 0.3) is 0 Å². The van der Waals surface area contributed by atoms with Crippen molar-refractivity contribution >= 4 is 11.7 Å². The normalized spacial score (nSPS) is 26.6. The van der Waals surface area contributed by atoms with Gasteiger partial charge in [0.15, 0.2) is 0 Å². The first-order chi connectivity index (χ1) is 8.31. The molecule has 1 aliphatic rings. The predicted molar refractivity (Wildman–Crippen MR) is 73.2 cm³/mol. The highest BCUT2D eigenvalue weighted by Crippen LogP contribution is 2.29. The van der Waals surface area contributed by atoms with E-state index in [0.29, 0.717) is 18.3 Å². The zero-order valence-electron chi connectivity index (χ0n) is 12.4. The fraction of sp³-hybridized carbons (Fsp3) is 0.857. The van der Waals surface area contributed by atoms with Crippen LogP contribution in [0.3, 0.4) is 0 Å². The Balaban J connectivity index is 2.48. The number of rotatable bonds is 5. The second-order valence-electron chi connectivity index (χ2n) is 6.48. The minimum Gasteiger partial charge on any atom is -0.331 e. The third kappa shape index (κ3) is 5.17. The first kappa shape index (κ1) is 15.2. The third-order valence-corrected chi connectivity index (χ3v) is 3.28. The summed E-state index contributed by atoms with van der Waals surface area (Å²) in [4.78, 5) is 16.2. The van der Waals surface area contributed by atoms with Gasteiger partial charge in [-0.25, -0.2) is 4.79 Å². The van der Waals surface area contributed by atoms with Crippen LogP contribution in [0.4, 0.5) is 0 Å². The van der Waals surface area contributed by atoms with Gasteiger partial charge in [0.1, 0.15) is 0 Å². The number of quaternary nitrogens is 1. The van der Waals surface area contributed by atoms with Crippen molar-refractivity contribution in [1.82, 2.24) is 0 Å². The van der Waals surface area contributed by atoms with Crippen molar-refractivity contribution in [2.24, 2.45) is 17.0 Å². The molecule has 1 rings (SSSR count). The van der Waals surface area contributed by atoms with Gasteiger partial charge >= 0.3 is 5.97 Å². The summed E-state index contributed by atoms with van der Waals surface area (Å²) < 4.78 is 0.973. The van der Waals surface area contributed by atoms with Crippen LogP contribution >= 0.6 is 0 Å². The van der Waals surface area contributed by atoms with E-state index in [-0.39, 0.29) is 5.97 Å². The van der Waals surface area contributed by atoms with Crippen LogP contribution in [0, 0.1) is 11.8 Å². The monoisotopic (exact) mass is 255 g/mol. The van der Waals surface area contributed by atoms with Gasteiger partial charge in [-0.2, -0.15) is 0 Å². The maximum absolute atomic E-state index is 11.3. The van der Waals surface area contributed by atoms with Crippen molar-refractivity contribution in [2.45, 2.75) is 39.5 Å². The maximum Gasteiger partial charge on any atom is 0.334 e. The average Bonchev–Trinajstić information content (AvgIpc) is 2.53. The van der Waals surface area contributed by atoms with Crippen LogP contribution in [-0.4, -0.2) is 43.9 Å². The van der Waals surface area contributed by atoms with E-state index in [2.05, 4.69) is 33.2 Å². The number of hydrogen-bond donors (Lipinski definition) is 0. The van der Waals surface area contributed by atoms with Gasteiger partial charge in [0.25, 0.3) is 0 Å². The van der Waals surface area contributed by atoms with Crippen molar-refractivity contribution in [3.63, 3.8) is 0 Å². The summed E-state index contributed by atoms with van der Waals surface area (Å²) in [5.41, 5.74) is 1.05. The lowest BCUT2D eigenvalue weighted by Gasteiger charge is -2.27. The van der Waals surface area contributed by atoms with Gasteiger partial charge in [-0.3, -0.25) is 0 Å². The second kappa shape index (κ2) is 6.32. The molecule has 1 saturated carbocycles. The molecular weight excluding hydrogens is 228 g/mol. The van der Waals surface area contributed by atoms with Crippen molar-refractivity contribution in [1.29, 1.82) is 0 Å². The average molecular weight is 255 g/mol. The van der Waals surface area contributed by atoms with E-state index in [4.69, 9.17) is 4.84 Å². The summed E-state index contributed by atoms with van der Waals surface area (Å²) in [6.07, 6.45) is 3.38. The molecule has 4 heteroatoms. The highest BCUT2D eigenvalue weighted by Gasteiger charge is 2.31. The number of carbonyl (C=O) groups excluding carboxylic acids is 1. The van der Waals surface area contributed by atoms with Gasteiger partial charge in [0, 0.05) is 12.3 Å². The smallest absolute Gasteiger partial charge is 0.331 e. The van der Waals surface area contributed by atoms with Crippen molar-refractivity contribution in [3.8, 4) is 0 Å². The largest absolute Gasteiger partial charge is 0.334 e. The Morgan fingerprint density at radius 3 is 2.67 bits per heavy atom. The van der Waals surface area contributed by atoms with Gasteiger partial charge in [0.2, 0.25) is 0 Å². The molecule has 0 unspecified atom stereocenters. The van der Waals surface area contributed by atoms with Crippen LogP contribution in [0.1, 0.15) is 39.5 Å². The fourth-order valence-electron chi connectivity index (χ4n) is 2.62. The van der Waals surface area contributed by atoms with Gasteiger partial charge in [-0.05, 0) is 25.2 Å². The number of oxime groups is 1. The van der Waals surface area contributed by atoms with E-state index in [1.807, 2.05) is 6.92 Å². The molecule has 18 heavy (non-hydrogen) atoms. The van der Waals surface area contributed by atoms with Gasteiger partial charge < -0.3 is 9.32 Å². The third-order valence-electron chi connectivity index (χ3n) is 3.28. The maximum atomic E-state index is 11.3. The first-order valence-electron chi connectivity index (χ1n) is 6.89. The second-order valence-corrected chi connectivity index (χ2v) is 6.48. The summed E-state index contributed by atoms with van der Waals surface area (Å²) in [6, 6.07) is 0. The van der Waals surface area contributed by atoms with Crippen LogP contribution in [0.15, 0.2) is 5.16 Å². The van der Waals surface area contributed by atoms with E-state index < -0.39 is 0 Å². The molecule has 0 N–H and O–H groups in total. The molecule has 2 atom stereocenters. The molecule has 0 aromatic carbocycles. The highest BCUT2D eigenvalue weighted by atomic mass is 16.7. The SMILES string of the molecule is CCCC(=O)O/N=C1/C[C@@H](C[N+](C)(C)C)C[C@H]1C. The summed E-state index contributed by atoms with van der Waals surface area (Å²) >= 11 is 0. The van der Waals surface area contributed by atoms with Crippen molar-refractivity contribution in [2.75, 3.05) is 27.7 Å². The van der Waals surface area contributed by atoms with Crippen LogP contribution in [0.5, 0.6) is 0 Å². The van der Waals surface area contributed by atoms with Crippen LogP contribution in [0.2, 0.25) is 0 Å². The molecule has 4 nitrogen and oxygen atoms in total. The minimum atomic E-state index is -0.216.